The summed E-state index contributed by atoms with van der Waals surface area (Å²) in [6.45, 7) is 2.08. The van der Waals surface area contributed by atoms with Crippen molar-refractivity contribution >= 4 is 22.4 Å². The lowest BCUT2D eigenvalue weighted by molar-refractivity contribution is 0.103. The van der Waals surface area contributed by atoms with Crippen LogP contribution in [0.2, 0.25) is 5.02 Å². The van der Waals surface area contributed by atoms with Gasteiger partial charge in [0.1, 0.15) is 5.75 Å². The van der Waals surface area contributed by atoms with Gasteiger partial charge >= 0.3 is 0 Å². The maximum absolute atomic E-state index is 14.0. The molecule has 0 aliphatic heterocycles. The molecule has 1 aliphatic rings. The van der Waals surface area contributed by atoms with Crippen molar-refractivity contribution in [1.29, 1.82) is 0 Å². The van der Waals surface area contributed by atoms with Crippen molar-refractivity contribution in [3.05, 3.63) is 69.4 Å². The zero-order valence-electron chi connectivity index (χ0n) is 18.3. The summed E-state index contributed by atoms with van der Waals surface area (Å²) in [7, 11) is 1.47. The number of benzene rings is 2. The average molecular weight is 459 g/mol. The van der Waals surface area contributed by atoms with Gasteiger partial charge in [0.2, 0.25) is 0 Å². The lowest BCUT2D eigenvalue weighted by Gasteiger charge is -2.44. The Bertz CT molecular complexity index is 1170. The lowest BCUT2D eigenvalue weighted by atomic mass is 9.64. The first-order valence-corrected chi connectivity index (χ1v) is 11.3. The number of aromatic nitrogens is 1. The molecule has 1 atom stereocenters. The third-order valence-electron chi connectivity index (χ3n) is 6.82. The molecule has 0 radical (unpaired) electrons. The second-order valence-corrected chi connectivity index (χ2v) is 8.92. The van der Waals surface area contributed by atoms with Gasteiger partial charge in [-0.15, -0.1) is 0 Å². The van der Waals surface area contributed by atoms with Crippen molar-refractivity contribution in [1.82, 2.24) is 4.98 Å². The van der Waals surface area contributed by atoms with Crippen LogP contribution in [0.5, 0.6) is 11.5 Å². The lowest BCUT2D eigenvalue weighted by Crippen LogP contribution is -2.48. The van der Waals surface area contributed by atoms with Gasteiger partial charge in [0.25, 0.3) is 5.56 Å². The Kier molecular flexibility index (Phi) is 6.45. The van der Waals surface area contributed by atoms with Gasteiger partial charge in [0.05, 0.1) is 18.2 Å². The van der Waals surface area contributed by atoms with E-state index in [1.54, 1.807) is 18.3 Å². The van der Waals surface area contributed by atoms with Crippen LogP contribution in [-0.4, -0.2) is 24.2 Å². The maximum atomic E-state index is 14.0. The van der Waals surface area contributed by atoms with E-state index < -0.39 is 0 Å². The number of ether oxygens (including phenoxy) is 2. The monoisotopic (exact) mass is 458 g/mol. The van der Waals surface area contributed by atoms with Gasteiger partial charge in [-0.2, -0.15) is 0 Å². The van der Waals surface area contributed by atoms with Crippen LogP contribution in [0.25, 0.3) is 10.8 Å². The van der Waals surface area contributed by atoms with Gasteiger partial charge in [-0.1, -0.05) is 24.6 Å². The first kappa shape index (κ1) is 22.6. The molecule has 1 aliphatic carbocycles. The average Bonchev–Trinajstić information content (AvgIpc) is 2.80. The Morgan fingerprint density at radius 1 is 1.22 bits per heavy atom. The van der Waals surface area contributed by atoms with Crippen molar-refractivity contribution in [3.63, 3.8) is 0 Å². The van der Waals surface area contributed by atoms with Crippen LogP contribution in [0.3, 0.4) is 0 Å². The van der Waals surface area contributed by atoms with Gasteiger partial charge in [-0.3, -0.25) is 4.79 Å². The molecule has 5 nitrogen and oxygen atoms in total. The number of nitrogens with two attached hydrogens (primary N) is 1. The molecule has 1 fully saturated rings. The third kappa shape index (κ3) is 4.09. The molecular formula is C25H28ClFN2O3. The Labute approximate surface area is 191 Å². The van der Waals surface area contributed by atoms with E-state index >= 15 is 0 Å². The molecular weight excluding hydrogens is 431 g/mol. The Morgan fingerprint density at radius 3 is 2.66 bits per heavy atom. The molecule has 0 saturated heterocycles. The van der Waals surface area contributed by atoms with Gasteiger partial charge in [0.15, 0.2) is 11.6 Å². The van der Waals surface area contributed by atoms with Crippen LogP contribution < -0.4 is 20.8 Å². The molecule has 7 heteroatoms. The summed E-state index contributed by atoms with van der Waals surface area (Å²) in [5, 5.41) is 1.73. The van der Waals surface area contributed by atoms with Crippen molar-refractivity contribution in [2.75, 3.05) is 7.11 Å². The van der Waals surface area contributed by atoms with E-state index in [2.05, 4.69) is 11.9 Å². The molecule has 0 amide bonds. The van der Waals surface area contributed by atoms with E-state index in [0.29, 0.717) is 16.2 Å². The fraction of sp³-hybridized carbons (Fsp3) is 0.400. The van der Waals surface area contributed by atoms with Crippen LogP contribution in [0.1, 0.15) is 44.6 Å². The zero-order chi connectivity index (χ0) is 22.9. The molecule has 1 saturated carbocycles. The number of aromatic amines is 1. The number of halogens is 2. The number of nitrogens with one attached hydrogen (secondary N) is 1. The predicted octanol–water partition coefficient (Wildman–Crippen LogP) is 5.33. The molecule has 1 aromatic heterocycles. The van der Waals surface area contributed by atoms with E-state index in [-0.39, 0.29) is 34.7 Å². The van der Waals surface area contributed by atoms with Crippen LogP contribution >= 0.6 is 11.6 Å². The number of H-pyrrole nitrogens is 1. The number of rotatable bonds is 6. The quantitative estimate of drug-likeness (QED) is 0.523. The molecule has 3 aromatic rings. The SMILES string of the molecule is CC[C@@H](N)[C@]1(c2ccc(F)c(OC)c2)CC[C@@H](Oc2cc3cc[nH]c(=O)c3cc2Cl)CC1. The fourth-order valence-electron chi connectivity index (χ4n) is 4.92. The topological polar surface area (TPSA) is 77.3 Å². The highest BCUT2D eigenvalue weighted by molar-refractivity contribution is 6.32. The number of pyridine rings is 1. The third-order valence-corrected chi connectivity index (χ3v) is 7.12. The Morgan fingerprint density at radius 2 is 1.97 bits per heavy atom. The van der Waals surface area contributed by atoms with Gasteiger partial charge in [-0.25, -0.2) is 4.39 Å². The zero-order valence-corrected chi connectivity index (χ0v) is 19.0. The molecule has 0 unspecified atom stereocenters. The fourth-order valence-corrected chi connectivity index (χ4v) is 5.12. The van der Waals surface area contributed by atoms with Gasteiger partial charge in [-0.05, 0) is 73.4 Å². The standard InChI is InChI=1S/C25H28ClFN2O3/c1-3-23(28)25(16-4-5-20(27)22(13-16)31-2)9-6-17(7-10-25)32-21-12-15-8-11-29-24(30)18(15)14-19(21)26/h4-5,8,11-14,17,23H,3,6-7,9-10,28H2,1-2H3,(H,29,30)/t17-,23-,25-/m1/s1. The van der Waals surface area contributed by atoms with E-state index in [0.717, 1.165) is 43.1 Å². The molecule has 2 aromatic carbocycles. The van der Waals surface area contributed by atoms with E-state index in [9.17, 15) is 9.18 Å². The van der Waals surface area contributed by atoms with E-state index in [4.69, 9.17) is 26.8 Å². The number of hydrogen-bond acceptors (Lipinski definition) is 4. The Balaban J connectivity index is 1.57. The van der Waals surface area contributed by atoms with Crippen molar-refractivity contribution in [3.8, 4) is 11.5 Å². The van der Waals surface area contributed by atoms with Gasteiger partial charge in [0, 0.05) is 23.0 Å². The highest BCUT2D eigenvalue weighted by Gasteiger charge is 2.42. The number of methoxy groups -OCH3 is 1. The summed E-state index contributed by atoms with van der Waals surface area (Å²) in [6.07, 6.45) is 5.61. The summed E-state index contributed by atoms with van der Waals surface area (Å²) in [4.78, 5) is 14.7. The Hall–Kier alpha value is -2.57. The molecule has 170 valence electrons. The number of fused-ring (bicyclic) bond motifs is 1. The van der Waals surface area contributed by atoms with Crippen LogP contribution in [0.15, 0.2) is 47.4 Å². The molecule has 0 spiro atoms. The predicted molar refractivity (Wildman–Crippen MR) is 125 cm³/mol. The number of hydrogen-bond donors (Lipinski definition) is 2. The molecule has 32 heavy (non-hydrogen) atoms. The molecule has 4 rings (SSSR count). The molecule has 3 N–H and O–H groups in total. The normalized spacial score (nSPS) is 22.0. The highest BCUT2D eigenvalue weighted by atomic mass is 35.5. The summed E-state index contributed by atoms with van der Waals surface area (Å²) in [5.41, 5.74) is 7.17. The molecule has 1 heterocycles. The largest absolute Gasteiger partial charge is 0.494 e. The van der Waals surface area contributed by atoms with Crippen LogP contribution in [0, 0.1) is 5.82 Å². The van der Waals surface area contributed by atoms with Crippen molar-refractivity contribution < 1.29 is 13.9 Å². The first-order valence-electron chi connectivity index (χ1n) is 10.9. The minimum absolute atomic E-state index is 0.0218. The smallest absolute Gasteiger partial charge is 0.255 e. The maximum Gasteiger partial charge on any atom is 0.255 e. The van der Waals surface area contributed by atoms with Crippen LogP contribution in [0.4, 0.5) is 4.39 Å². The molecule has 0 bridgehead atoms. The second kappa shape index (κ2) is 9.12. The van der Waals surface area contributed by atoms with E-state index in [1.165, 1.54) is 13.2 Å². The highest BCUT2D eigenvalue weighted by Crippen LogP contribution is 2.45. The first-order chi connectivity index (χ1) is 15.4. The summed E-state index contributed by atoms with van der Waals surface area (Å²) >= 11 is 6.42. The summed E-state index contributed by atoms with van der Waals surface area (Å²) in [6, 6.07) is 10.3. The van der Waals surface area contributed by atoms with Crippen molar-refractivity contribution in [2.24, 2.45) is 5.73 Å². The minimum atomic E-state index is -0.377. The second-order valence-electron chi connectivity index (χ2n) is 8.51. The summed E-state index contributed by atoms with van der Waals surface area (Å²) in [5.74, 6) is 0.435. The van der Waals surface area contributed by atoms with Crippen molar-refractivity contribution in [2.45, 2.75) is 56.6 Å². The van der Waals surface area contributed by atoms with Crippen LogP contribution in [-0.2, 0) is 5.41 Å². The minimum Gasteiger partial charge on any atom is -0.494 e. The summed E-state index contributed by atoms with van der Waals surface area (Å²) < 4.78 is 25.5. The van der Waals surface area contributed by atoms with Gasteiger partial charge < -0.3 is 20.2 Å². The van der Waals surface area contributed by atoms with E-state index in [1.807, 2.05) is 18.2 Å².